The van der Waals surface area contributed by atoms with E-state index in [9.17, 15) is 0 Å². The van der Waals surface area contributed by atoms with E-state index in [0.29, 0.717) is 0 Å². The molecule has 1 aliphatic heterocycles. The third-order valence-corrected chi connectivity index (χ3v) is 27.3. The van der Waals surface area contributed by atoms with Crippen LogP contribution in [0.15, 0.2) is 57.9 Å². The van der Waals surface area contributed by atoms with Crippen molar-refractivity contribution >= 4 is 5.43 Å². The predicted octanol–water partition coefficient (Wildman–Crippen LogP) is 7.82. The first-order valence-electron chi connectivity index (χ1n) is 11.5. The standard InChI is InChI=1S/C21H25.C5H5.C2H4Si.Zr/c1-20(2,3)16-7-9-18-14(12-16)11-15-13-17(21(4,5)6)8-10-19(15)18;1-2-4-5-3-1;1-2-3-1;/h7-13H,1-6H3;1-3H,4H2;1-2H2;. The van der Waals surface area contributed by atoms with Gasteiger partial charge >= 0.3 is 192 Å². The average molecular weight is 490 g/mol. The summed E-state index contributed by atoms with van der Waals surface area (Å²) in [6.07, 6.45) is 8.54. The molecule has 0 nitrogen and oxygen atoms in total. The van der Waals surface area contributed by atoms with Crippen molar-refractivity contribution in [3.63, 3.8) is 0 Å². The summed E-state index contributed by atoms with van der Waals surface area (Å²) >= 11 is -1.76. The minimum atomic E-state index is -1.76. The Morgan fingerprint density at radius 2 is 1.33 bits per heavy atom. The molecule has 1 fully saturated rings. The number of fused-ring (bicyclic) bond motifs is 3. The van der Waals surface area contributed by atoms with E-state index in [1.165, 1.54) is 28.7 Å². The average Bonchev–Trinajstić information content (AvgIpc) is 3.26. The van der Waals surface area contributed by atoms with Gasteiger partial charge in [-0.25, -0.2) is 0 Å². The van der Waals surface area contributed by atoms with Crippen LogP contribution in [-0.4, -0.2) is 5.43 Å². The Kier molecular flexibility index (Phi) is 5.07. The van der Waals surface area contributed by atoms with E-state index >= 15 is 0 Å². The summed E-state index contributed by atoms with van der Waals surface area (Å²) in [5, 5.41) is 0. The van der Waals surface area contributed by atoms with Crippen molar-refractivity contribution in [2.75, 3.05) is 0 Å². The third-order valence-electron chi connectivity index (χ3n) is 7.03. The molecular formula is C28H34SiZr. The minimum absolute atomic E-state index is 0.0792. The second-order valence-corrected chi connectivity index (χ2v) is 27.0. The molecule has 2 aromatic rings. The Balaban J connectivity index is 1.76. The van der Waals surface area contributed by atoms with Gasteiger partial charge < -0.3 is 0 Å². The van der Waals surface area contributed by atoms with E-state index in [-0.39, 0.29) is 16.3 Å². The number of hydrogen-bond donors (Lipinski definition) is 0. The molecule has 0 atom stereocenters. The third kappa shape index (κ3) is 3.63. The van der Waals surface area contributed by atoms with Gasteiger partial charge in [-0.2, -0.15) is 0 Å². The maximum atomic E-state index is 2.62. The fraction of sp³-hybridized carbons (Fsp3) is 0.429. The van der Waals surface area contributed by atoms with E-state index in [2.05, 4.69) is 96.2 Å². The van der Waals surface area contributed by atoms with Crippen molar-refractivity contribution in [3.8, 4) is 11.1 Å². The number of benzene rings is 2. The van der Waals surface area contributed by atoms with Crippen LogP contribution in [0.5, 0.6) is 0 Å². The van der Waals surface area contributed by atoms with E-state index in [1.54, 1.807) is 23.2 Å². The summed E-state index contributed by atoms with van der Waals surface area (Å²) in [6.45, 7) is 14.2. The van der Waals surface area contributed by atoms with Crippen molar-refractivity contribution in [2.24, 2.45) is 0 Å². The van der Waals surface area contributed by atoms with Gasteiger partial charge in [0.1, 0.15) is 0 Å². The molecule has 0 amide bonds. The molecule has 0 radical (unpaired) electrons. The molecule has 2 aromatic carbocycles. The summed E-state index contributed by atoms with van der Waals surface area (Å²) in [7, 11) is 0. The molecule has 0 bridgehead atoms. The fourth-order valence-corrected chi connectivity index (χ4v) is 28.2. The summed E-state index contributed by atoms with van der Waals surface area (Å²) in [6, 6.07) is 18.1. The zero-order valence-corrected chi connectivity index (χ0v) is 22.9. The second-order valence-electron chi connectivity index (χ2n) is 11.4. The normalized spacial score (nSPS) is 17.8. The van der Waals surface area contributed by atoms with Crippen LogP contribution in [0, 0.1) is 0 Å². The van der Waals surface area contributed by atoms with Gasteiger partial charge in [0.2, 0.25) is 0 Å². The van der Waals surface area contributed by atoms with Gasteiger partial charge in [-0.3, -0.25) is 0 Å². The molecular weight excluding hydrogens is 456 g/mol. The second kappa shape index (κ2) is 7.28. The van der Waals surface area contributed by atoms with E-state index < -0.39 is 20.4 Å². The van der Waals surface area contributed by atoms with E-state index in [4.69, 9.17) is 0 Å². The Hall–Kier alpha value is -0.980. The molecule has 0 saturated carbocycles. The molecule has 154 valence electrons. The van der Waals surface area contributed by atoms with Gasteiger partial charge in [-0.05, 0) is 0 Å². The molecule has 2 aliphatic carbocycles. The first-order valence-corrected chi connectivity index (χ1v) is 19.8. The Morgan fingerprint density at radius 3 is 1.73 bits per heavy atom. The Morgan fingerprint density at radius 1 is 0.800 bits per heavy atom. The molecule has 1 saturated heterocycles. The van der Waals surface area contributed by atoms with E-state index in [1.807, 2.05) is 3.28 Å². The molecule has 30 heavy (non-hydrogen) atoms. The zero-order valence-electron chi connectivity index (χ0n) is 19.4. The van der Waals surface area contributed by atoms with Crippen LogP contribution in [0.3, 0.4) is 0 Å². The molecule has 5 rings (SSSR count). The predicted molar refractivity (Wildman–Crippen MR) is 128 cm³/mol. The van der Waals surface area contributed by atoms with Gasteiger partial charge in [0.25, 0.3) is 0 Å². The van der Waals surface area contributed by atoms with Crippen molar-refractivity contribution in [3.05, 3.63) is 80.2 Å². The van der Waals surface area contributed by atoms with E-state index in [0.717, 1.165) is 3.63 Å². The molecule has 1 heterocycles. The molecule has 2 heteroatoms. The SMILES string of the molecule is CC(C)(C)c1ccc2c(c1)[CH]([Zr]([C]1=CC=CC1)=[Si]1CC1)c1cc(C(C)(C)C)ccc1-2. The molecule has 0 aromatic heterocycles. The van der Waals surface area contributed by atoms with Crippen molar-refractivity contribution < 1.29 is 20.4 Å². The van der Waals surface area contributed by atoms with Gasteiger partial charge in [0.05, 0.1) is 0 Å². The zero-order chi connectivity index (χ0) is 21.3. The van der Waals surface area contributed by atoms with Crippen LogP contribution in [-0.2, 0) is 31.2 Å². The number of rotatable bonds is 2. The monoisotopic (exact) mass is 488 g/mol. The summed E-state index contributed by atoms with van der Waals surface area (Å²) in [4.78, 5) is 0. The maximum absolute atomic E-state index is 2.62. The number of allylic oxidation sites excluding steroid dienone is 4. The topological polar surface area (TPSA) is 0 Å². The van der Waals surface area contributed by atoms with Crippen molar-refractivity contribution in [1.82, 2.24) is 0 Å². The van der Waals surface area contributed by atoms with Crippen LogP contribution >= 0.6 is 0 Å². The molecule has 3 aliphatic rings. The van der Waals surface area contributed by atoms with Crippen LogP contribution in [0.2, 0.25) is 12.1 Å². The van der Waals surface area contributed by atoms with Gasteiger partial charge in [0.15, 0.2) is 0 Å². The van der Waals surface area contributed by atoms with Crippen LogP contribution in [0.4, 0.5) is 0 Å². The van der Waals surface area contributed by atoms with Gasteiger partial charge in [-0.1, -0.05) is 0 Å². The Labute approximate surface area is 190 Å². The van der Waals surface area contributed by atoms with Gasteiger partial charge in [0, 0.05) is 0 Å². The Bertz CT molecular complexity index is 1060. The molecule has 0 unspecified atom stereocenters. The summed E-state index contributed by atoms with van der Waals surface area (Å²) < 4.78 is 2.64. The van der Waals surface area contributed by atoms with Crippen LogP contribution in [0.1, 0.15) is 73.8 Å². The van der Waals surface area contributed by atoms with Gasteiger partial charge in [-0.15, -0.1) is 0 Å². The van der Waals surface area contributed by atoms with Crippen LogP contribution in [0.25, 0.3) is 11.1 Å². The van der Waals surface area contributed by atoms with Crippen molar-refractivity contribution in [1.29, 1.82) is 0 Å². The fourth-order valence-electron chi connectivity index (χ4n) is 5.10. The number of hydrogen-bond acceptors (Lipinski definition) is 0. The first kappa shape index (κ1) is 20.9. The van der Waals surface area contributed by atoms with Crippen molar-refractivity contribution in [2.45, 2.75) is 74.5 Å². The van der Waals surface area contributed by atoms with Crippen LogP contribution < -0.4 is 0 Å². The quantitative estimate of drug-likeness (QED) is 0.377. The first-order chi connectivity index (χ1) is 14.1. The molecule has 0 N–H and O–H groups in total. The molecule has 0 spiro atoms. The summed E-state index contributed by atoms with van der Waals surface area (Å²) in [5.41, 5.74) is 9.80. The summed E-state index contributed by atoms with van der Waals surface area (Å²) in [5.74, 6) is 0.